The minimum atomic E-state index is 0.581. The Kier molecular flexibility index (Phi) is 3.87. The molecular weight excluding hydrogens is 222 g/mol. The molecule has 4 heteroatoms. The molecular formula is C12H20ClN3. The van der Waals surface area contributed by atoms with Crippen molar-refractivity contribution in [3.63, 3.8) is 0 Å². The van der Waals surface area contributed by atoms with E-state index in [0.717, 1.165) is 18.3 Å². The van der Waals surface area contributed by atoms with Crippen LogP contribution in [0.25, 0.3) is 0 Å². The fourth-order valence-electron chi connectivity index (χ4n) is 2.46. The van der Waals surface area contributed by atoms with Crippen LogP contribution in [0, 0.1) is 5.92 Å². The van der Waals surface area contributed by atoms with E-state index in [9.17, 15) is 0 Å². The van der Waals surface area contributed by atoms with Crippen LogP contribution >= 0.6 is 11.6 Å². The van der Waals surface area contributed by atoms with Gasteiger partial charge in [0, 0.05) is 13.1 Å². The summed E-state index contributed by atoms with van der Waals surface area (Å²) in [6, 6.07) is 0.581. The number of imidazole rings is 1. The first-order chi connectivity index (χ1) is 7.68. The molecule has 0 saturated heterocycles. The summed E-state index contributed by atoms with van der Waals surface area (Å²) in [5.41, 5.74) is 0. The van der Waals surface area contributed by atoms with E-state index in [2.05, 4.69) is 17.2 Å². The fraction of sp³-hybridized carbons (Fsp3) is 0.750. The quantitative estimate of drug-likeness (QED) is 0.879. The number of nitrogens with one attached hydrogen (secondary N) is 1. The lowest BCUT2D eigenvalue weighted by Crippen LogP contribution is -2.32. The Morgan fingerprint density at radius 3 is 2.81 bits per heavy atom. The average Bonchev–Trinajstić information content (AvgIpc) is 2.89. The number of nitrogens with zero attached hydrogens (tertiary/aromatic N) is 2. The summed E-state index contributed by atoms with van der Waals surface area (Å²) in [5.74, 6) is 1.85. The van der Waals surface area contributed by atoms with E-state index in [1.807, 2.05) is 11.6 Å². The SMILES string of the molecule is C[C@@H](NCc1ncc(Cl)n1C)C1CCCC1. The second kappa shape index (κ2) is 5.19. The molecule has 0 radical (unpaired) electrons. The summed E-state index contributed by atoms with van der Waals surface area (Å²) in [6.07, 6.45) is 7.24. The number of halogens is 1. The van der Waals surface area contributed by atoms with Gasteiger partial charge in [0.2, 0.25) is 0 Å². The van der Waals surface area contributed by atoms with Gasteiger partial charge in [-0.3, -0.25) is 0 Å². The van der Waals surface area contributed by atoms with Crippen molar-refractivity contribution in [1.29, 1.82) is 0 Å². The molecule has 1 heterocycles. The Morgan fingerprint density at radius 2 is 2.25 bits per heavy atom. The van der Waals surface area contributed by atoms with Gasteiger partial charge in [-0.1, -0.05) is 24.4 Å². The van der Waals surface area contributed by atoms with E-state index in [1.165, 1.54) is 25.7 Å². The minimum absolute atomic E-state index is 0.581. The molecule has 1 aromatic rings. The molecule has 0 amide bonds. The van der Waals surface area contributed by atoms with Gasteiger partial charge in [-0.05, 0) is 25.7 Å². The molecule has 1 aliphatic carbocycles. The maximum absolute atomic E-state index is 5.94. The third-order valence-electron chi connectivity index (χ3n) is 3.72. The highest BCUT2D eigenvalue weighted by Gasteiger charge is 2.21. The molecule has 3 nitrogen and oxygen atoms in total. The van der Waals surface area contributed by atoms with E-state index in [0.29, 0.717) is 11.2 Å². The largest absolute Gasteiger partial charge is 0.321 e. The predicted molar refractivity (Wildman–Crippen MR) is 66.5 cm³/mol. The molecule has 1 N–H and O–H groups in total. The summed E-state index contributed by atoms with van der Waals surface area (Å²) < 4.78 is 1.93. The molecule has 0 unspecified atom stereocenters. The van der Waals surface area contributed by atoms with Crippen molar-refractivity contribution in [2.75, 3.05) is 0 Å². The van der Waals surface area contributed by atoms with Gasteiger partial charge in [-0.25, -0.2) is 4.98 Å². The van der Waals surface area contributed by atoms with E-state index in [1.54, 1.807) is 6.20 Å². The molecule has 0 aliphatic heterocycles. The highest BCUT2D eigenvalue weighted by atomic mass is 35.5. The Balaban J connectivity index is 1.84. The molecule has 0 spiro atoms. The number of rotatable bonds is 4. The number of hydrogen-bond acceptors (Lipinski definition) is 2. The summed E-state index contributed by atoms with van der Waals surface area (Å²) in [5, 5.41) is 4.25. The van der Waals surface area contributed by atoms with Crippen LogP contribution in [0.1, 0.15) is 38.4 Å². The van der Waals surface area contributed by atoms with Gasteiger partial charge in [0.05, 0.1) is 12.7 Å². The average molecular weight is 242 g/mol. The molecule has 1 atom stereocenters. The Hall–Kier alpha value is -0.540. The van der Waals surface area contributed by atoms with Crippen molar-refractivity contribution in [3.05, 3.63) is 17.2 Å². The van der Waals surface area contributed by atoms with Gasteiger partial charge in [-0.15, -0.1) is 0 Å². The first-order valence-corrected chi connectivity index (χ1v) is 6.45. The molecule has 16 heavy (non-hydrogen) atoms. The number of hydrogen-bond donors (Lipinski definition) is 1. The summed E-state index contributed by atoms with van der Waals surface area (Å²) in [4.78, 5) is 4.28. The highest BCUT2D eigenvalue weighted by Crippen LogP contribution is 2.27. The molecule has 1 fully saturated rings. The zero-order valence-corrected chi connectivity index (χ0v) is 10.8. The van der Waals surface area contributed by atoms with Crippen molar-refractivity contribution in [3.8, 4) is 0 Å². The molecule has 0 aromatic carbocycles. The lowest BCUT2D eigenvalue weighted by atomic mass is 10.00. The lowest BCUT2D eigenvalue weighted by molar-refractivity contribution is 0.375. The van der Waals surface area contributed by atoms with Gasteiger partial charge in [0.1, 0.15) is 11.0 Å². The topological polar surface area (TPSA) is 29.9 Å². The zero-order chi connectivity index (χ0) is 11.5. The minimum Gasteiger partial charge on any atom is -0.321 e. The molecule has 1 aromatic heterocycles. The van der Waals surface area contributed by atoms with Gasteiger partial charge in [0.15, 0.2) is 0 Å². The van der Waals surface area contributed by atoms with Gasteiger partial charge in [-0.2, -0.15) is 0 Å². The van der Waals surface area contributed by atoms with Crippen LogP contribution in [0.3, 0.4) is 0 Å². The summed E-state index contributed by atoms with van der Waals surface area (Å²) >= 11 is 5.94. The summed E-state index contributed by atoms with van der Waals surface area (Å²) in [7, 11) is 1.95. The Labute approximate surface area is 102 Å². The van der Waals surface area contributed by atoms with Crippen LogP contribution in [-0.2, 0) is 13.6 Å². The van der Waals surface area contributed by atoms with Crippen LogP contribution in [0.5, 0.6) is 0 Å². The van der Waals surface area contributed by atoms with Gasteiger partial charge in [0.25, 0.3) is 0 Å². The maximum atomic E-state index is 5.94. The first-order valence-electron chi connectivity index (χ1n) is 6.08. The molecule has 90 valence electrons. The van der Waals surface area contributed by atoms with E-state index >= 15 is 0 Å². The normalized spacial score (nSPS) is 19.2. The third kappa shape index (κ3) is 2.58. The highest BCUT2D eigenvalue weighted by molar-refractivity contribution is 6.29. The zero-order valence-electron chi connectivity index (χ0n) is 10.0. The van der Waals surface area contributed by atoms with E-state index in [-0.39, 0.29) is 0 Å². The smallest absolute Gasteiger partial charge is 0.128 e. The molecule has 1 saturated carbocycles. The van der Waals surface area contributed by atoms with Crippen LogP contribution < -0.4 is 5.32 Å². The second-order valence-electron chi connectivity index (χ2n) is 4.77. The monoisotopic (exact) mass is 241 g/mol. The van der Waals surface area contributed by atoms with E-state index in [4.69, 9.17) is 11.6 Å². The summed E-state index contributed by atoms with van der Waals surface area (Å²) in [6.45, 7) is 3.08. The first kappa shape index (κ1) is 11.9. The number of aromatic nitrogens is 2. The lowest BCUT2D eigenvalue weighted by Gasteiger charge is -2.20. The Bertz CT molecular complexity index is 342. The molecule has 0 bridgehead atoms. The van der Waals surface area contributed by atoms with Gasteiger partial charge >= 0.3 is 0 Å². The molecule has 1 aliphatic rings. The van der Waals surface area contributed by atoms with Crippen LogP contribution in [0.15, 0.2) is 6.20 Å². The van der Waals surface area contributed by atoms with Crippen molar-refractivity contribution in [2.45, 2.75) is 45.2 Å². The fourth-order valence-corrected chi connectivity index (χ4v) is 2.61. The van der Waals surface area contributed by atoms with Crippen molar-refractivity contribution in [2.24, 2.45) is 13.0 Å². The van der Waals surface area contributed by atoms with E-state index < -0.39 is 0 Å². The maximum Gasteiger partial charge on any atom is 0.128 e. The van der Waals surface area contributed by atoms with Crippen LogP contribution in [0.2, 0.25) is 5.15 Å². The third-order valence-corrected chi connectivity index (χ3v) is 4.07. The van der Waals surface area contributed by atoms with Crippen LogP contribution in [0.4, 0.5) is 0 Å². The standard InChI is InChI=1S/C12H20ClN3/c1-9(10-5-3-4-6-10)14-8-12-15-7-11(13)16(12)2/h7,9-10,14H,3-6,8H2,1-2H3/t9-/m1/s1. The van der Waals surface area contributed by atoms with Crippen molar-refractivity contribution in [1.82, 2.24) is 14.9 Å². The predicted octanol–water partition coefficient (Wildman–Crippen LogP) is 2.74. The van der Waals surface area contributed by atoms with Crippen molar-refractivity contribution >= 4 is 11.6 Å². The van der Waals surface area contributed by atoms with Crippen molar-refractivity contribution < 1.29 is 0 Å². The van der Waals surface area contributed by atoms with Gasteiger partial charge < -0.3 is 9.88 Å². The molecule has 2 rings (SSSR count). The van der Waals surface area contributed by atoms with Crippen LogP contribution in [-0.4, -0.2) is 15.6 Å². The second-order valence-corrected chi connectivity index (χ2v) is 5.16. The Morgan fingerprint density at radius 1 is 1.56 bits per heavy atom.